The summed E-state index contributed by atoms with van der Waals surface area (Å²) < 4.78 is 42.4. The molecule has 8 nitrogen and oxygen atoms in total. The number of likely N-dealkylation sites (tertiary alicyclic amines) is 1. The maximum absolute atomic E-state index is 14.0. The number of amides is 1. The Kier molecular flexibility index (Phi) is 5.59. The van der Waals surface area contributed by atoms with Crippen LogP contribution in [-0.2, 0) is 21.6 Å². The Balaban J connectivity index is 1.83. The number of carboxylic acid groups (broad SMARTS) is 1. The van der Waals surface area contributed by atoms with Crippen molar-refractivity contribution in [3.05, 3.63) is 34.4 Å². The van der Waals surface area contributed by atoms with Gasteiger partial charge in [-0.15, -0.1) is 0 Å². The fraction of sp³-hybridized carbons (Fsp3) is 0.353. The molecule has 3 rings (SSSR count). The average molecular weight is 478 g/mol. The van der Waals surface area contributed by atoms with Gasteiger partial charge in [-0.3, -0.25) is 9.59 Å². The molecule has 1 aromatic heterocycles. The third kappa shape index (κ3) is 3.69. The summed E-state index contributed by atoms with van der Waals surface area (Å²) in [5.41, 5.74) is 0.977. The monoisotopic (exact) mass is 477 g/mol. The molecule has 1 aromatic carbocycles. The van der Waals surface area contributed by atoms with Gasteiger partial charge in [0.05, 0.1) is 0 Å². The SMILES string of the molecule is Cn1c(C(=O)N[C@@H]2C[C@@H](C(=O)O)N(C(F)(F)C(=O)OF)C2)cc2c(Br)cccc21. The molecule has 0 spiro atoms. The van der Waals surface area contributed by atoms with Crippen LogP contribution < -0.4 is 5.32 Å². The maximum Gasteiger partial charge on any atom is 0.434 e. The molecule has 0 unspecified atom stereocenters. The molecule has 156 valence electrons. The molecule has 29 heavy (non-hydrogen) atoms. The van der Waals surface area contributed by atoms with E-state index < -0.39 is 48.9 Å². The lowest BCUT2D eigenvalue weighted by Crippen LogP contribution is -2.53. The van der Waals surface area contributed by atoms with Gasteiger partial charge in [0.2, 0.25) is 0 Å². The molecular weight excluding hydrogens is 463 g/mol. The molecule has 1 aliphatic rings. The predicted molar refractivity (Wildman–Crippen MR) is 96.8 cm³/mol. The molecule has 1 amide bonds. The first-order valence-corrected chi connectivity index (χ1v) is 9.12. The summed E-state index contributed by atoms with van der Waals surface area (Å²) in [5, 5.41) is 12.5. The van der Waals surface area contributed by atoms with Gasteiger partial charge in [0.15, 0.2) is 0 Å². The number of aromatic nitrogens is 1. The Morgan fingerprint density at radius 2 is 2.03 bits per heavy atom. The highest BCUT2D eigenvalue weighted by molar-refractivity contribution is 9.10. The van der Waals surface area contributed by atoms with E-state index in [1.54, 1.807) is 35.9 Å². The summed E-state index contributed by atoms with van der Waals surface area (Å²) in [6.45, 7) is -0.682. The summed E-state index contributed by atoms with van der Waals surface area (Å²) in [6, 6.07) is -0.348. The van der Waals surface area contributed by atoms with Gasteiger partial charge in [0.25, 0.3) is 5.91 Å². The third-order valence-electron chi connectivity index (χ3n) is 4.86. The minimum atomic E-state index is -4.50. The third-order valence-corrected chi connectivity index (χ3v) is 5.56. The number of benzene rings is 1. The summed E-state index contributed by atoms with van der Waals surface area (Å²) in [5.74, 6) is -4.76. The average Bonchev–Trinajstić information content (AvgIpc) is 3.24. The van der Waals surface area contributed by atoms with E-state index in [2.05, 4.69) is 26.2 Å². The molecule has 0 radical (unpaired) electrons. The number of carbonyl (C=O) groups excluding carboxylic acids is 2. The van der Waals surface area contributed by atoms with Crippen LogP contribution in [0, 0.1) is 0 Å². The number of halogens is 4. The normalized spacial score (nSPS) is 20.0. The first-order chi connectivity index (χ1) is 13.6. The van der Waals surface area contributed by atoms with Crippen LogP contribution >= 0.6 is 15.9 Å². The number of aryl methyl sites for hydroxylation is 1. The van der Waals surface area contributed by atoms with Crippen LogP contribution in [0.2, 0.25) is 0 Å². The number of nitrogens with zero attached hydrogens (tertiary/aromatic N) is 2. The molecule has 1 saturated heterocycles. The number of nitrogens with one attached hydrogen (secondary N) is 1. The smallest absolute Gasteiger partial charge is 0.434 e. The lowest BCUT2D eigenvalue weighted by Gasteiger charge is -2.26. The fourth-order valence-electron chi connectivity index (χ4n) is 3.45. The van der Waals surface area contributed by atoms with Crippen LogP contribution in [0.25, 0.3) is 10.9 Å². The molecule has 2 aromatic rings. The van der Waals surface area contributed by atoms with Crippen LogP contribution in [0.5, 0.6) is 0 Å². The topological polar surface area (TPSA) is 101 Å². The quantitative estimate of drug-likeness (QED) is 0.640. The Morgan fingerprint density at radius 3 is 2.62 bits per heavy atom. The van der Waals surface area contributed by atoms with E-state index in [0.29, 0.717) is 0 Å². The van der Waals surface area contributed by atoms with Gasteiger partial charge >= 0.3 is 18.0 Å². The molecule has 12 heteroatoms. The Labute approximate surface area is 170 Å². The molecule has 2 heterocycles. The van der Waals surface area contributed by atoms with Crippen molar-refractivity contribution < 1.29 is 37.7 Å². The zero-order valence-corrected chi connectivity index (χ0v) is 16.5. The van der Waals surface area contributed by atoms with E-state index in [-0.39, 0.29) is 10.6 Å². The van der Waals surface area contributed by atoms with Crippen molar-refractivity contribution in [3.8, 4) is 0 Å². The number of rotatable bonds is 5. The standard InChI is InChI=1S/C17H15BrF3N3O5/c1-23-11-4-2-3-10(18)9(11)6-12(23)14(25)22-8-5-13(15(26)27)24(7-8)17(19,20)16(28)29-21/h2-4,6,8,13H,5,7H2,1H3,(H,22,25)(H,26,27)/t8-,13+/m1/s1. The van der Waals surface area contributed by atoms with E-state index >= 15 is 0 Å². The summed E-state index contributed by atoms with van der Waals surface area (Å²) in [7, 11) is 1.65. The fourth-order valence-corrected chi connectivity index (χ4v) is 3.92. The minimum Gasteiger partial charge on any atom is -0.480 e. The first-order valence-electron chi connectivity index (χ1n) is 8.33. The van der Waals surface area contributed by atoms with Gasteiger partial charge in [-0.25, -0.2) is 14.6 Å². The molecule has 0 saturated carbocycles. The summed E-state index contributed by atoms with van der Waals surface area (Å²) >= 11 is 3.38. The van der Waals surface area contributed by atoms with Gasteiger partial charge < -0.3 is 15.0 Å². The highest BCUT2D eigenvalue weighted by Crippen LogP contribution is 2.32. The van der Waals surface area contributed by atoms with Crippen molar-refractivity contribution >= 4 is 44.7 Å². The zero-order chi connectivity index (χ0) is 21.5. The molecule has 1 fully saturated rings. The Hall–Kier alpha value is -2.60. The number of alkyl halides is 2. The van der Waals surface area contributed by atoms with Gasteiger partial charge in [0.1, 0.15) is 11.7 Å². The molecular formula is C17H15BrF3N3O5. The predicted octanol–water partition coefficient (Wildman–Crippen LogP) is 2.22. The number of fused-ring (bicyclic) bond motifs is 1. The van der Waals surface area contributed by atoms with Gasteiger partial charge in [-0.05, 0) is 24.6 Å². The van der Waals surface area contributed by atoms with E-state index in [4.69, 9.17) is 0 Å². The minimum absolute atomic E-state index is 0.000273. The lowest BCUT2D eigenvalue weighted by molar-refractivity contribution is -0.239. The van der Waals surface area contributed by atoms with Crippen molar-refractivity contribution in [2.45, 2.75) is 24.6 Å². The first kappa shape index (κ1) is 21.1. The number of hydrogen-bond acceptors (Lipinski definition) is 5. The second-order valence-corrected chi connectivity index (χ2v) is 7.43. The van der Waals surface area contributed by atoms with Crippen LogP contribution in [0.1, 0.15) is 16.9 Å². The van der Waals surface area contributed by atoms with E-state index in [9.17, 15) is 32.8 Å². The van der Waals surface area contributed by atoms with Crippen molar-refractivity contribution in [2.75, 3.05) is 6.54 Å². The molecule has 2 atom stereocenters. The Bertz CT molecular complexity index is 996. The van der Waals surface area contributed by atoms with Gasteiger partial charge in [-0.1, -0.05) is 22.0 Å². The molecule has 0 bridgehead atoms. The Morgan fingerprint density at radius 1 is 1.34 bits per heavy atom. The highest BCUT2D eigenvalue weighted by atomic mass is 79.9. The number of hydrogen-bond donors (Lipinski definition) is 2. The maximum atomic E-state index is 14.0. The number of carbonyl (C=O) groups is 3. The molecule has 0 aliphatic carbocycles. The van der Waals surface area contributed by atoms with Crippen LogP contribution in [0.3, 0.4) is 0 Å². The molecule has 2 N–H and O–H groups in total. The second-order valence-electron chi connectivity index (χ2n) is 6.58. The van der Waals surface area contributed by atoms with E-state index in [1.807, 2.05) is 0 Å². The summed E-state index contributed by atoms with van der Waals surface area (Å²) in [4.78, 5) is 37.6. The van der Waals surface area contributed by atoms with Crippen molar-refractivity contribution in [1.82, 2.24) is 14.8 Å². The second kappa shape index (κ2) is 7.67. The highest BCUT2D eigenvalue weighted by Gasteiger charge is 2.56. The van der Waals surface area contributed by atoms with Crippen molar-refractivity contribution in [1.29, 1.82) is 0 Å². The van der Waals surface area contributed by atoms with Crippen LogP contribution in [0.4, 0.5) is 13.3 Å². The summed E-state index contributed by atoms with van der Waals surface area (Å²) in [6.07, 6.45) is -0.399. The largest absolute Gasteiger partial charge is 0.480 e. The van der Waals surface area contributed by atoms with Crippen molar-refractivity contribution in [2.24, 2.45) is 7.05 Å². The van der Waals surface area contributed by atoms with E-state index in [0.717, 1.165) is 15.4 Å². The molecule has 1 aliphatic heterocycles. The zero-order valence-electron chi connectivity index (χ0n) is 14.9. The van der Waals surface area contributed by atoms with Gasteiger partial charge in [-0.2, -0.15) is 8.78 Å². The van der Waals surface area contributed by atoms with Crippen LogP contribution in [0.15, 0.2) is 28.7 Å². The number of aliphatic carboxylic acids is 1. The lowest BCUT2D eigenvalue weighted by atomic mass is 10.1. The van der Waals surface area contributed by atoms with Crippen molar-refractivity contribution in [3.63, 3.8) is 0 Å². The number of carboxylic acids is 1. The van der Waals surface area contributed by atoms with Crippen LogP contribution in [-0.4, -0.2) is 57.1 Å². The van der Waals surface area contributed by atoms with E-state index in [1.165, 1.54) is 0 Å². The van der Waals surface area contributed by atoms with Gasteiger partial charge in [0, 0.05) is 39.5 Å².